The van der Waals surface area contributed by atoms with Gasteiger partial charge in [0.2, 0.25) is 0 Å². The van der Waals surface area contributed by atoms with Crippen molar-refractivity contribution in [2.24, 2.45) is 0 Å². The number of sulfonamides is 1. The molecule has 6 nitrogen and oxygen atoms in total. The molecular formula is C10H12ClN3O3S2. The number of halogens is 1. The molecule has 19 heavy (non-hydrogen) atoms. The maximum absolute atomic E-state index is 12.7. The Kier molecular flexibility index (Phi) is 3.52. The molecule has 3 rings (SSSR count). The molecule has 0 unspecified atom stereocenters. The van der Waals surface area contributed by atoms with Gasteiger partial charge in [0.15, 0.2) is 15.1 Å². The molecule has 0 bridgehead atoms. The van der Waals surface area contributed by atoms with Gasteiger partial charge in [0.05, 0.1) is 6.61 Å². The molecule has 0 amide bonds. The third kappa shape index (κ3) is 2.27. The molecule has 0 aromatic carbocycles. The van der Waals surface area contributed by atoms with Crippen LogP contribution in [0.1, 0.15) is 6.42 Å². The summed E-state index contributed by atoms with van der Waals surface area (Å²) in [5, 5.41) is 1.85. The van der Waals surface area contributed by atoms with E-state index in [2.05, 4.69) is 4.98 Å². The minimum atomic E-state index is -3.64. The van der Waals surface area contributed by atoms with Crippen LogP contribution in [-0.4, -0.2) is 48.4 Å². The predicted octanol–water partition coefficient (Wildman–Crippen LogP) is 1.46. The van der Waals surface area contributed by atoms with Gasteiger partial charge in [-0.25, -0.2) is 13.4 Å². The van der Waals surface area contributed by atoms with Gasteiger partial charge < -0.3 is 4.74 Å². The van der Waals surface area contributed by atoms with Crippen LogP contribution in [0.2, 0.25) is 5.15 Å². The quantitative estimate of drug-likeness (QED) is 0.840. The summed E-state index contributed by atoms with van der Waals surface area (Å²) < 4.78 is 33.5. The van der Waals surface area contributed by atoms with Gasteiger partial charge in [0.25, 0.3) is 10.0 Å². The van der Waals surface area contributed by atoms with Gasteiger partial charge in [0.1, 0.15) is 0 Å². The molecule has 1 aliphatic heterocycles. The van der Waals surface area contributed by atoms with E-state index in [0.717, 1.165) is 0 Å². The first-order valence-corrected chi connectivity index (χ1v) is 8.49. The monoisotopic (exact) mass is 321 g/mol. The summed E-state index contributed by atoms with van der Waals surface area (Å²) in [6.07, 6.45) is 2.35. The van der Waals surface area contributed by atoms with Crippen molar-refractivity contribution < 1.29 is 13.2 Å². The van der Waals surface area contributed by atoms with Gasteiger partial charge in [-0.2, -0.15) is 4.31 Å². The zero-order valence-electron chi connectivity index (χ0n) is 9.95. The van der Waals surface area contributed by atoms with Crippen LogP contribution in [0.4, 0.5) is 0 Å². The third-order valence-electron chi connectivity index (χ3n) is 2.94. The Hall–Kier alpha value is -0.670. The molecule has 1 aliphatic rings. The van der Waals surface area contributed by atoms with Crippen molar-refractivity contribution >= 4 is 37.9 Å². The van der Waals surface area contributed by atoms with Crippen LogP contribution >= 0.6 is 22.9 Å². The van der Waals surface area contributed by atoms with Gasteiger partial charge >= 0.3 is 0 Å². The molecule has 2 aromatic heterocycles. The summed E-state index contributed by atoms with van der Waals surface area (Å²) in [5.41, 5.74) is 0. The topological polar surface area (TPSA) is 63.9 Å². The summed E-state index contributed by atoms with van der Waals surface area (Å²) in [7, 11) is -3.64. The zero-order chi connectivity index (χ0) is 13.5. The van der Waals surface area contributed by atoms with Crippen LogP contribution in [-0.2, 0) is 14.8 Å². The first-order valence-electron chi connectivity index (χ1n) is 5.79. The second-order valence-electron chi connectivity index (χ2n) is 4.13. The molecule has 0 radical (unpaired) electrons. The van der Waals surface area contributed by atoms with Crippen molar-refractivity contribution in [2.75, 3.05) is 26.3 Å². The minimum Gasteiger partial charge on any atom is -0.380 e. The lowest BCUT2D eigenvalue weighted by molar-refractivity contribution is 0.148. The number of hydrogen-bond donors (Lipinski definition) is 0. The first-order chi connectivity index (χ1) is 9.10. The van der Waals surface area contributed by atoms with Crippen molar-refractivity contribution in [1.82, 2.24) is 13.7 Å². The summed E-state index contributed by atoms with van der Waals surface area (Å²) in [6.45, 7) is 1.77. The highest BCUT2D eigenvalue weighted by atomic mass is 35.5. The van der Waals surface area contributed by atoms with Crippen molar-refractivity contribution in [3.05, 3.63) is 16.7 Å². The first kappa shape index (κ1) is 13.3. The minimum absolute atomic E-state index is 0.0250. The van der Waals surface area contributed by atoms with Gasteiger partial charge in [0, 0.05) is 31.3 Å². The van der Waals surface area contributed by atoms with E-state index in [-0.39, 0.29) is 10.2 Å². The molecule has 104 valence electrons. The molecule has 0 spiro atoms. The molecule has 0 aliphatic carbocycles. The number of imidazole rings is 1. The second-order valence-corrected chi connectivity index (χ2v) is 7.22. The fraction of sp³-hybridized carbons (Fsp3) is 0.500. The zero-order valence-corrected chi connectivity index (χ0v) is 12.3. The number of rotatable bonds is 2. The third-order valence-corrected chi connectivity index (χ3v) is 6.00. The molecule has 0 N–H and O–H groups in total. The molecule has 1 saturated heterocycles. The molecule has 1 fully saturated rings. The average Bonchev–Trinajstić information content (AvgIpc) is 2.77. The molecule has 0 atom stereocenters. The van der Waals surface area contributed by atoms with E-state index in [0.29, 0.717) is 37.7 Å². The Balaban J connectivity index is 2.08. The van der Waals surface area contributed by atoms with Gasteiger partial charge in [-0.05, 0) is 6.42 Å². The number of hydrogen-bond acceptors (Lipinski definition) is 5. The van der Waals surface area contributed by atoms with Gasteiger partial charge in [-0.1, -0.05) is 11.6 Å². The number of thiazole rings is 1. The average molecular weight is 322 g/mol. The Labute approximate surface area is 119 Å². The SMILES string of the molecule is O=S(=O)(c1c(Cl)nc2sccn12)N1CCCOCC1. The fourth-order valence-electron chi connectivity index (χ4n) is 2.06. The maximum atomic E-state index is 12.7. The molecular weight excluding hydrogens is 310 g/mol. The summed E-state index contributed by atoms with van der Waals surface area (Å²) >= 11 is 7.34. The number of ether oxygens (including phenoxy) is 1. The Morgan fingerprint density at radius 3 is 3.05 bits per heavy atom. The summed E-state index contributed by atoms with van der Waals surface area (Å²) in [6, 6.07) is 0. The lowest BCUT2D eigenvalue weighted by Gasteiger charge is -2.18. The van der Waals surface area contributed by atoms with Crippen molar-refractivity contribution in [1.29, 1.82) is 0 Å². The van der Waals surface area contributed by atoms with E-state index in [4.69, 9.17) is 16.3 Å². The number of aromatic nitrogens is 2. The van der Waals surface area contributed by atoms with Gasteiger partial charge in [-0.3, -0.25) is 4.40 Å². The van der Waals surface area contributed by atoms with Crippen LogP contribution in [0.3, 0.4) is 0 Å². The smallest absolute Gasteiger partial charge is 0.262 e. The highest BCUT2D eigenvalue weighted by molar-refractivity contribution is 7.89. The maximum Gasteiger partial charge on any atom is 0.262 e. The van der Waals surface area contributed by atoms with Crippen LogP contribution < -0.4 is 0 Å². The number of nitrogens with zero attached hydrogens (tertiary/aromatic N) is 3. The van der Waals surface area contributed by atoms with Crippen LogP contribution in [0.15, 0.2) is 16.6 Å². The number of fused-ring (bicyclic) bond motifs is 1. The van der Waals surface area contributed by atoms with E-state index >= 15 is 0 Å². The summed E-state index contributed by atoms with van der Waals surface area (Å²) in [5.74, 6) is 0. The largest absolute Gasteiger partial charge is 0.380 e. The lowest BCUT2D eigenvalue weighted by atomic mass is 10.5. The van der Waals surface area contributed by atoms with Crippen molar-refractivity contribution in [2.45, 2.75) is 11.4 Å². The highest BCUT2D eigenvalue weighted by Gasteiger charge is 2.31. The van der Waals surface area contributed by atoms with E-state index in [1.807, 2.05) is 0 Å². The van der Waals surface area contributed by atoms with Crippen LogP contribution in [0.5, 0.6) is 0 Å². The van der Waals surface area contributed by atoms with Crippen molar-refractivity contribution in [3.63, 3.8) is 0 Å². The van der Waals surface area contributed by atoms with Crippen LogP contribution in [0, 0.1) is 0 Å². The molecule has 9 heteroatoms. The van der Waals surface area contributed by atoms with E-state index in [1.54, 1.807) is 11.6 Å². The lowest BCUT2D eigenvalue weighted by Crippen LogP contribution is -2.34. The Bertz CT molecular complexity index is 686. The Morgan fingerprint density at radius 1 is 1.37 bits per heavy atom. The second kappa shape index (κ2) is 5.02. The van der Waals surface area contributed by atoms with Crippen molar-refractivity contribution in [3.8, 4) is 0 Å². The van der Waals surface area contributed by atoms with E-state index in [1.165, 1.54) is 20.0 Å². The standard InChI is InChI=1S/C10H12ClN3O3S2/c11-8-9(14-4-7-18-10(14)12-8)19(15,16)13-2-1-5-17-6-3-13/h4,7H,1-3,5-6H2. The predicted molar refractivity (Wildman–Crippen MR) is 72.3 cm³/mol. The van der Waals surface area contributed by atoms with E-state index in [9.17, 15) is 8.42 Å². The van der Waals surface area contributed by atoms with E-state index < -0.39 is 10.0 Å². The fourth-order valence-corrected chi connectivity index (χ4v) is 4.92. The molecule has 2 aromatic rings. The van der Waals surface area contributed by atoms with Crippen LogP contribution in [0.25, 0.3) is 4.96 Å². The normalized spacial score (nSPS) is 18.8. The van der Waals surface area contributed by atoms with Gasteiger partial charge in [-0.15, -0.1) is 11.3 Å². The Morgan fingerprint density at radius 2 is 2.21 bits per heavy atom. The molecule has 3 heterocycles. The summed E-state index contributed by atoms with van der Waals surface area (Å²) in [4.78, 5) is 4.65. The highest BCUT2D eigenvalue weighted by Crippen LogP contribution is 2.28. The molecule has 0 saturated carbocycles.